The normalized spacial score (nSPS) is 13.7. The van der Waals surface area contributed by atoms with Crippen LogP contribution in [0.4, 0.5) is 20.6 Å². The summed E-state index contributed by atoms with van der Waals surface area (Å²) in [5.74, 6) is 0.0979. The quantitative estimate of drug-likeness (QED) is 0.845. The van der Waals surface area contributed by atoms with Crippen LogP contribution in [0.2, 0.25) is 0 Å². The largest absolute Gasteiger partial charge is 0.493 e. The number of halogens is 1. The first kappa shape index (κ1) is 18.5. The van der Waals surface area contributed by atoms with E-state index < -0.39 is 11.7 Å². The summed E-state index contributed by atoms with van der Waals surface area (Å²) < 4.78 is 24.1. The molecule has 1 saturated heterocycles. The fourth-order valence-corrected chi connectivity index (χ4v) is 2.89. The molecule has 1 aliphatic rings. The summed E-state index contributed by atoms with van der Waals surface area (Å²) in [4.78, 5) is 27.8. The first-order chi connectivity index (χ1) is 13.0. The van der Waals surface area contributed by atoms with E-state index in [1.807, 2.05) is 0 Å². The second-order valence-corrected chi connectivity index (χ2v) is 5.92. The molecule has 0 saturated carbocycles. The lowest BCUT2D eigenvalue weighted by Crippen LogP contribution is -2.37. The number of para-hydroxylation sites is 1. The average Bonchev–Trinajstić information content (AvgIpc) is 3.03. The molecular formula is C19H20FN3O4. The number of anilines is 2. The summed E-state index contributed by atoms with van der Waals surface area (Å²) >= 11 is 0. The van der Waals surface area contributed by atoms with E-state index in [4.69, 9.17) is 9.47 Å². The molecule has 1 aliphatic heterocycles. The third kappa shape index (κ3) is 3.94. The number of nitrogens with one attached hydrogen (secondary N) is 1. The van der Waals surface area contributed by atoms with Crippen molar-refractivity contribution in [2.45, 2.75) is 0 Å². The Morgan fingerprint density at radius 2 is 1.85 bits per heavy atom. The predicted molar refractivity (Wildman–Crippen MR) is 98.9 cm³/mol. The van der Waals surface area contributed by atoms with Gasteiger partial charge in [-0.1, -0.05) is 12.1 Å². The summed E-state index contributed by atoms with van der Waals surface area (Å²) in [6.07, 6.45) is 0. The lowest BCUT2D eigenvalue weighted by Gasteiger charge is -2.19. The van der Waals surface area contributed by atoms with Crippen LogP contribution in [0.25, 0.3) is 0 Å². The summed E-state index contributed by atoms with van der Waals surface area (Å²) in [5, 5.41) is 2.48. The number of hydrogen-bond donors (Lipinski definition) is 1. The van der Waals surface area contributed by atoms with E-state index in [9.17, 15) is 14.0 Å². The van der Waals surface area contributed by atoms with Gasteiger partial charge >= 0.3 is 6.03 Å². The van der Waals surface area contributed by atoms with Crippen LogP contribution in [0.3, 0.4) is 0 Å². The van der Waals surface area contributed by atoms with Crippen LogP contribution >= 0.6 is 0 Å². The molecule has 2 aromatic rings. The molecule has 0 radical (unpaired) electrons. The molecule has 3 amide bonds. The fourth-order valence-electron chi connectivity index (χ4n) is 2.89. The Labute approximate surface area is 156 Å². The maximum Gasteiger partial charge on any atom is 0.325 e. The maximum atomic E-state index is 13.6. The van der Waals surface area contributed by atoms with Crippen LogP contribution in [0.5, 0.6) is 11.5 Å². The second kappa shape index (κ2) is 7.94. The van der Waals surface area contributed by atoms with Crippen molar-refractivity contribution in [2.75, 3.05) is 44.1 Å². The van der Waals surface area contributed by atoms with Gasteiger partial charge in [0.1, 0.15) is 12.4 Å². The van der Waals surface area contributed by atoms with E-state index in [0.717, 1.165) is 0 Å². The predicted octanol–water partition coefficient (Wildman–Crippen LogP) is 2.72. The van der Waals surface area contributed by atoms with Gasteiger partial charge in [0.2, 0.25) is 5.91 Å². The van der Waals surface area contributed by atoms with Crippen molar-refractivity contribution in [1.82, 2.24) is 4.90 Å². The van der Waals surface area contributed by atoms with Gasteiger partial charge in [-0.2, -0.15) is 0 Å². The van der Waals surface area contributed by atoms with Crippen molar-refractivity contribution in [3.8, 4) is 11.5 Å². The number of benzene rings is 2. The SMILES string of the molecule is COc1ccc(N2CCN(CC(=O)Nc3ccccc3F)C2=O)cc1OC. The Hall–Kier alpha value is -3.29. The third-order valence-electron chi connectivity index (χ3n) is 4.26. The Bertz CT molecular complexity index is 859. The van der Waals surface area contributed by atoms with Gasteiger partial charge in [-0.25, -0.2) is 9.18 Å². The van der Waals surface area contributed by atoms with Crippen molar-refractivity contribution < 1.29 is 23.5 Å². The Morgan fingerprint density at radius 3 is 2.56 bits per heavy atom. The van der Waals surface area contributed by atoms with Crippen molar-refractivity contribution >= 4 is 23.3 Å². The number of urea groups is 1. The minimum Gasteiger partial charge on any atom is -0.493 e. The highest BCUT2D eigenvalue weighted by Crippen LogP contribution is 2.32. The smallest absolute Gasteiger partial charge is 0.325 e. The van der Waals surface area contributed by atoms with Crippen LogP contribution in [0.1, 0.15) is 0 Å². The van der Waals surface area contributed by atoms with Gasteiger partial charge in [0.15, 0.2) is 11.5 Å². The first-order valence-corrected chi connectivity index (χ1v) is 8.36. The number of nitrogens with zero attached hydrogens (tertiary/aromatic N) is 2. The number of ether oxygens (including phenoxy) is 2. The zero-order valence-corrected chi connectivity index (χ0v) is 15.1. The number of carbonyl (C=O) groups is 2. The minimum absolute atomic E-state index is 0.0888. The minimum atomic E-state index is -0.523. The molecule has 0 spiro atoms. The summed E-state index contributed by atoms with van der Waals surface area (Å²) in [7, 11) is 3.06. The molecule has 1 heterocycles. The van der Waals surface area contributed by atoms with Gasteiger partial charge in [0.05, 0.1) is 19.9 Å². The van der Waals surface area contributed by atoms with Gasteiger partial charge in [-0.3, -0.25) is 9.69 Å². The van der Waals surface area contributed by atoms with E-state index in [0.29, 0.717) is 30.3 Å². The van der Waals surface area contributed by atoms with E-state index >= 15 is 0 Å². The monoisotopic (exact) mass is 373 g/mol. The third-order valence-corrected chi connectivity index (χ3v) is 4.26. The van der Waals surface area contributed by atoms with Crippen molar-refractivity contribution in [2.24, 2.45) is 0 Å². The molecule has 0 unspecified atom stereocenters. The molecule has 27 heavy (non-hydrogen) atoms. The van der Waals surface area contributed by atoms with Crippen LogP contribution in [-0.4, -0.2) is 50.7 Å². The fraction of sp³-hybridized carbons (Fsp3) is 0.263. The summed E-state index contributed by atoms with van der Waals surface area (Å²) in [5.41, 5.74) is 0.737. The van der Waals surface area contributed by atoms with E-state index in [1.165, 1.54) is 37.3 Å². The summed E-state index contributed by atoms with van der Waals surface area (Å²) in [6.45, 7) is 0.663. The molecular weight excluding hydrogens is 353 g/mol. The van der Waals surface area contributed by atoms with Gasteiger partial charge in [0.25, 0.3) is 0 Å². The number of carbonyl (C=O) groups excluding carboxylic acids is 2. The Balaban J connectivity index is 1.66. The molecule has 1 N–H and O–H groups in total. The number of amides is 3. The highest BCUT2D eigenvalue weighted by atomic mass is 19.1. The molecule has 8 heteroatoms. The zero-order chi connectivity index (χ0) is 19.4. The average molecular weight is 373 g/mol. The van der Waals surface area contributed by atoms with Crippen LogP contribution in [-0.2, 0) is 4.79 Å². The highest BCUT2D eigenvalue weighted by molar-refractivity contribution is 5.99. The van der Waals surface area contributed by atoms with E-state index in [-0.39, 0.29) is 18.3 Å². The lowest BCUT2D eigenvalue weighted by atomic mass is 10.2. The highest BCUT2D eigenvalue weighted by Gasteiger charge is 2.31. The van der Waals surface area contributed by atoms with Crippen LogP contribution in [0.15, 0.2) is 42.5 Å². The molecule has 0 atom stereocenters. The Morgan fingerprint density at radius 1 is 1.11 bits per heavy atom. The van der Waals surface area contributed by atoms with Gasteiger partial charge < -0.3 is 19.7 Å². The second-order valence-electron chi connectivity index (χ2n) is 5.92. The topological polar surface area (TPSA) is 71.1 Å². The Kier molecular flexibility index (Phi) is 5.44. The molecule has 3 rings (SSSR count). The molecule has 0 aliphatic carbocycles. The van der Waals surface area contributed by atoms with E-state index in [1.54, 1.807) is 29.2 Å². The molecule has 0 bridgehead atoms. The van der Waals surface area contributed by atoms with Crippen molar-refractivity contribution in [3.63, 3.8) is 0 Å². The van der Waals surface area contributed by atoms with Crippen molar-refractivity contribution in [1.29, 1.82) is 0 Å². The molecule has 7 nitrogen and oxygen atoms in total. The summed E-state index contributed by atoms with van der Waals surface area (Å²) in [6, 6.07) is 10.8. The number of rotatable bonds is 6. The lowest BCUT2D eigenvalue weighted by molar-refractivity contribution is -0.116. The van der Waals surface area contributed by atoms with Crippen molar-refractivity contribution in [3.05, 3.63) is 48.3 Å². The van der Waals surface area contributed by atoms with Gasteiger partial charge in [-0.05, 0) is 24.3 Å². The van der Waals surface area contributed by atoms with E-state index in [2.05, 4.69) is 5.32 Å². The van der Waals surface area contributed by atoms with Gasteiger partial charge in [0, 0.05) is 24.8 Å². The molecule has 1 fully saturated rings. The molecule has 2 aromatic carbocycles. The first-order valence-electron chi connectivity index (χ1n) is 8.36. The maximum absolute atomic E-state index is 13.6. The van der Waals surface area contributed by atoms with Gasteiger partial charge in [-0.15, -0.1) is 0 Å². The van der Waals surface area contributed by atoms with Crippen LogP contribution < -0.4 is 19.7 Å². The molecule has 142 valence electrons. The number of hydrogen-bond acceptors (Lipinski definition) is 4. The standard InChI is InChI=1S/C19H20FN3O4/c1-26-16-8-7-13(11-17(16)27-2)23-10-9-22(19(23)25)12-18(24)21-15-6-4-3-5-14(15)20/h3-8,11H,9-10,12H2,1-2H3,(H,21,24). The zero-order valence-electron chi connectivity index (χ0n) is 15.1. The number of methoxy groups -OCH3 is 2. The molecule has 0 aromatic heterocycles. The van der Waals surface area contributed by atoms with Crippen LogP contribution in [0, 0.1) is 5.82 Å².